The van der Waals surface area contributed by atoms with Crippen molar-refractivity contribution in [2.45, 2.75) is 11.8 Å². The SMILES string of the molecule is Cc1ccc(NS(=O)(=O)c2ccc(Cl)nc2)nc1. The van der Waals surface area contributed by atoms with Crippen LogP contribution in [0.5, 0.6) is 0 Å². The lowest BCUT2D eigenvalue weighted by molar-refractivity contribution is 0.600. The fraction of sp³-hybridized carbons (Fsp3) is 0.0909. The molecule has 2 aromatic rings. The Morgan fingerprint density at radius 2 is 1.89 bits per heavy atom. The van der Waals surface area contributed by atoms with Crippen LogP contribution >= 0.6 is 11.6 Å². The lowest BCUT2D eigenvalue weighted by Gasteiger charge is -2.06. The Hall–Kier alpha value is -1.66. The van der Waals surface area contributed by atoms with Gasteiger partial charge in [-0.05, 0) is 30.7 Å². The average Bonchev–Trinajstić information content (AvgIpc) is 2.32. The summed E-state index contributed by atoms with van der Waals surface area (Å²) in [5, 5.41) is 0.238. The molecule has 2 heterocycles. The Kier molecular flexibility index (Phi) is 3.49. The molecule has 0 aromatic carbocycles. The summed E-state index contributed by atoms with van der Waals surface area (Å²) >= 11 is 5.60. The molecule has 0 aliphatic carbocycles. The fourth-order valence-corrected chi connectivity index (χ4v) is 2.31. The monoisotopic (exact) mass is 283 g/mol. The Labute approximate surface area is 110 Å². The van der Waals surface area contributed by atoms with Crippen molar-refractivity contribution in [3.05, 3.63) is 47.4 Å². The van der Waals surface area contributed by atoms with Crippen molar-refractivity contribution in [2.24, 2.45) is 0 Å². The van der Waals surface area contributed by atoms with Crippen molar-refractivity contribution >= 4 is 27.4 Å². The Balaban J connectivity index is 2.27. The number of nitrogens with one attached hydrogen (secondary N) is 1. The number of nitrogens with zero attached hydrogens (tertiary/aromatic N) is 2. The molecule has 2 aromatic heterocycles. The highest BCUT2D eigenvalue weighted by atomic mass is 35.5. The van der Waals surface area contributed by atoms with Crippen molar-refractivity contribution < 1.29 is 8.42 Å². The van der Waals surface area contributed by atoms with Crippen molar-refractivity contribution in [1.82, 2.24) is 9.97 Å². The lowest BCUT2D eigenvalue weighted by Crippen LogP contribution is -2.14. The minimum absolute atomic E-state index is 0.0364. The van der Waals surface area contributed by atoms with E-state index in [9.17, 15) is 8.42 Å². The van der Waals surface area contributed by atoms with Gasteiger partial charge in [-0.3, -0.25) is 4.72 Å². The first kappa shape index (κ1) is 12.8. The van der Waals surface area contributed by atoms with Crippen LogP contribution in [0, 0.1) is 6.92 Å². The molecule has 0 radical (unpaired) electrons. The van der Waals surface area contributed by atoms with Crippen LogP contribution in [0.25, 0.3) is 0 Å². The zero-order chi connectivity index (χ0) is 13.2. The van der Waals surface area contributed by atoms with Gasteiger partial charge in [0.1, 0.15) is 15.9 Å². The highest BCUT2D eigenvalue weighted by Gasteiger charge is 2.14. The van der Waals surface area contributed by atoms with Gasteiger partial charge in [0.05, 0.1) is 0 Å². The summed E-state index contributed by atoms with van der Waals surface area (Å²) in [7, 11) is -3.68. The van der Waals surface area contributed by atoms with Gasteiger partial charge in [0.2, 0.25) is 0 Å². The zero-order valence-electron chi connectivity index (χ0n) is 9.46. The molecular formula is C11H10ClN3O2S. The molecule has 18 heavy (non-hydrogen) atoms. The molecule has 94 valence electrons. The second-order valence-corrected chi connectivity index (χ2v) is 5.71. The van der Waals surface area contributed by atoms with E-state index in [1.807, 2.05) is 6.92 Å². The molecule has 0 saturated carbocycles. The number of aromatic nitrogens is 2. The molecule has 0 amide bonds. The van der Waals surface area contributed by atoms with Crippen LogP contribution in [0.2, 0.25) is 5.15 Å². The molecular weight excluding hydrogens is 274 g/mol. The molecule has 0 fully saturated rings. The number of anilines is 1. The van der Waals surface area contributed by atoms with E-state index in [2.05, 4.69) is 14.7 Å². The molecule has 0 atom stereocenters. The minimum atomic E-state index is -3.68. The van der Waals surface area contributed by atoms with Crippen LogP contribution in [-0.2, 0) is 10.0 Å². The zero-order valence-corrected chi connectivity index (χ0v) is 11.0. The third-order valence-corrected chi connectivity index (χ3v) is 3.72. The molecule has 5 nitrogen and oxygen atoms in total. The Morgan fingerprint density at radius 3 is 2.44 bits per heavy atom. The average molecular weight is 284 g/mol. The fourth-order valence-electron chi connectivity index (χ4n) is 1.25. The molecule has 0 unspecified atom stereocenters. The van der Waals surface area contributed by atoms with Gasteiger partial charge in [-0.1, -0.05) is 17.7 Å². The van der Waals surface area contributed by atoms with E-state index in [1.54, 1.807) is 18.3 Å². The predicted octanol–water partition coefficient (Wildman–Crippen LogP) is 2.24. The van der Waals surface area contributed by atoms with Crippen LogP contribution in [0.3, 0.4) is 0 Å². The number of halogens is 1. The minimum Gasteiger partial charge on any atom is -0.263 e. The first-order chi connectivity index (χ1) is 8.47. The van der Waals surface area contributed by atoms with Crippen LogP contribution in [-0.4, -0.2) is 18.4 Å². The van der Waals surface area contributed by atoms with Crippen LogP contribution in [0.4, 0.5) is 5.82 Å². The van der Waals surface area contributed by atoms with E-state index < -0.39 is 10.0 Å². The molecule has 0 spiro atoms. The van der Waals surface area contributed by atoms with Gasteiger partial charge in [0.15, 0.2) is 0 Å². The van der Waals surface area contributed by atoms with Crippen LogP contribution < -0.4 is 4.72 Å². The molecule has 0 saturated heterocycles. The van der Waals surface area contributed by atoms with E-state index in [0.717, 1.165) is 5.56 Å². The Morgan fingerprint density at radius 1 is 1.11 bits per heavy atom. The van der Waals surface area contributed by atoms with Crippen LogP contribution in [0.1, 0.15) is 5.56 Å². The normalized spacial score (nSPS) is 11.2. The summed E-state index contributed by atoms with van der Waals surface area (Å²) in [4.78, 5) is 7.73. The van der Waals surface area contributed by atoms with Gasteiger partial charge >= 0.3 is 0 Å². The first-order valence-electron chi connectivity index (χ1n) is 5.04. The van der Waals surface area contributed by atoms with Gasteiger partial charge in [0.25, 0.3) is 10.0 Å². The number of hydrogen-bond acceptors (Lipinski definition) is 4. The molecule has 0 bridgehead atoms. The van der Waals surface area contributed by atoms with Gasteiger partial charge in [-0.15, -0.1) is 0 Å². The van der Waals surface area contributed by atoms with Crippen molar-refractivity contribution in [3.63, 3.8) is 0 Å². The maximum atomic E-state index is 12.0. The van der Waals surface area contributed by atoms with E-state index in [1.165, 1.54) is 18.3 Å². The van der Waals surface area contributed by atoms with Gasteiger partial charge < -0.3 is 0 Å². The van der Waals surface area contributed by atoms with E-state index >= 15 is 0 Å². The molecule has 0 aliphatic heterocycles. The first-order valence-corrected chi connectivity index (χ1v) is 6.90. The summed E-state index contributed by atoms with van der Waals surface area (Å²) in [5.74, 6) is 0.260. The van der Waals surface area contributed by atoms with E-state index in [4.69, 9.17) is 11.6 Å². The summed E-state index contributed by atoms with van der Waals surface area (Å²) in [5.41, 5.74) is 0.950. The highest BCUT2D eigenvalue weighted by Crippen LogP contribution is 2.15. The highest BCUT2D eigenvalue weighted by molar-refractivity contribution is 7.92. The molecule has 2 rings (SSSR count). The number of pyridine rings is 2. The number of hydrogen-bond donors (Lipinski definition) is 1. The lowest BCUT2D eigenvalue weighted by atomic mass is 10.3. The third-order valence-electron chi connectivity index (χ3n) is 2.16. The second kappa shape index (κ2) is 4.91. The summed E-state index contributed by atoms with van der Waals surface area (Å²) in [6, 6.07) is 6.16. The summed E-state index contributed by atoms with van der Waals surface area (Å²) in [6.45, 7) is 1.87. The van der Waals surface area contributed by atoms with Crippen molar-refractivity contribution in [2.75, 3.05) is 4.72 Å². The molecule has 7 heteroatoms. The summed E-state index contributed by atoms with van der Waals surface area (Å²) in [6.07, 6.45) is 2.77. The second-order valence-electron chi connectivity index (χ2n) is 3.64. The maximum Gasteiger partial charge on any atom is 0.264 e. The topological polar surface area (TPSA) is 72.0 Å². The van der Waals surface area contributed by atoms with Crippen LogP contribution in [0.15, 0.2) is 41.6 Å². The number of rotatable bonds is 3. The standard InChI is InChI=1S/C11H10ClN3O2S/c1-8-2-5-11(14-6-8)15-18(16,17)9-3-4-10(12)13-7-9/h2-7H,1H3,(H,14,15). The quantitative estimate of drug-likeness (QED) is 0.877. The number of sulfonamides is 1. The van der Waals surface area contributed by atoms with Gasteiger partial charge in [-0.25, -0.2) is 18.4 Å². The number of aryl methyl sites for hydroxylation is 1. The summed E-state index contributed by atoms with van der Waals surface area (Å²) < 4.78 is 26.3. The smallest absolute Gasteiger partial charge is 0.263 e. The maximum absolute atomic E-state index is 12.0. The van der Waals surface area contributed by atoms with E-state index in [0.29, 0.717) is 0 Å². The van der Waals surface area contributed by atoms with Gasteiger partial charge in [-0.2, -0.15) is 0 Å². The molecule has 1 N–H and O–H groups in total. The van der Waals surface area contributed by atoms with Crippen molar-refractivity contribution in [3.8, 4) is 0 Å². The third kappa shape index (κ3) is 2.96. The Bertz CT molecular complexity index is 639. The van der Waals surface area contributed by atoms with Crippen molar-refractivity contribution in [1.29, 1.82) is 0 Å². The largest absolute Gasteiger partial charge is 0.264 e. The van der Waals surface area contributed by atoms with Gasteiger partial charge in [0, 0.05) is 12.4 Å². The van der Waals surface area contributed by atoms with E-state index in [-0.39, 0.29) is 15.9 Å². The molecule has 0 aliphatic rings. The predicted molar refractivity (Wildman–Crippen MR) is 69.0 cm³/mol.